The van der Waals surface area contributed by atoms with Crippen LogP contribution in [0.4, 0.5) is 0 Å². The predicted molar refractivity (Wildman–Crippen MR) is 71.1 cm³/mol. The van der Waals surface area contributed by atoms with E-state index in [1.807, 2.05) is 30.3 Å². The van der Waals surface area contributed by atoms with Gasteiger partial charge in [-0.3, -0.25) is 0 Å². The first-order valence-electron chi connectivity index (χ1n) is 6.07. The first-order chi connectivity index (χ1) is 9.72. The summed E-state index contributed by atoms with van der Waals surface area (Å²) in [4.78, 5) is 10.5. The highest BCUT2D eigenvalue weighted by Crippen LogP contribution is 2.36. The predicted octanol–water partition coefficient (Wildman–Crippen LogP) is 2.55. The third kappa shape index (κ3) is 2.51. The molecule has 1 heterocycles. The van der Waals surface area contributed by atoms with Gasteiger partial charge in [-0.2, -0.15) is 0 Å². The molecule has 0 atom stereocenters. The summed E-state index contributed by atoms with van der Waals surface area (Å²) < 4.78 is 15.8. The van der Waals surface area contributed by atoms with Gasteiger partial charge in [-0.05, 0) is 35.4 Å². The SMILES string of the molecule is O=C(O)COc1cccc(-c2ccc3c(c2)OCO3)c1. The van der Waals surface area contributed by atoms with Crippen LogP contribution in [0.2, 0.25) is 0 Å². The Balaban J connectivity index is 1.86. The quantitative estimate of drug-likeness (QED) is 0.926. The van der Waals surface area contributed by atoms with Crippen molar-refractivity contribution in [3.8, 4) is 28.4 Å². The smallest absolute Gasteiger partial charge is 0.341 e. The van der Waals surface area contributed by atoms with Gasteiger partial charge in [0.05, 0.1) is 0 Å². The maximum atomic E-state index is 10.5. The number of carboxylic acid groups (broad SMARTS) is 1. The molecule has 0 bridgehead atoms. The molecule has 1 aliphatic rings. The van der Waals surface area contributed by atoms with Crippen molar-refractivity contribution in [2.45, 2.75) is 0 Å². The molecular weight excluding hydrogens is 260 g/mol. The Morgan fingerprint density at radius 1 is 1.10 bits per heavy atom. The van der Waals surface area contributed by atoms with Crippen LogP contribution in [0.25, 0.3) is 11.1 Å². The fourth-order valence-electron chi connectivity index (χ4n) is 1.99. The third-order valence-corrected chi connectivity index (χ3v) is 2.90. The Labute approximate surface area is 115 Å². The van der Waals surface area contributed by atoms with E-state index < -0.39 is 5.97 Å². The fourth-order valence-corrected chi connectivity index (χ4v) is 1.99. The van der Waals surface area contributed by atoms with Crippen molar-refractivity contribution in [2.24, 2.45) is 0 Å². The number of ether oxygens (including phenoxy) is 3. The van der Waals surface area contributed by atoms with Crippen molar-refractivity contribution in [1.29, 1.82) is 0 Å². The number of hydrogen-bond acceptors (Lipinski definition) is 4. The average molecular weight is 272 g/mol. The summed E-state index contributed by atoms with van der Waals surface area (Å²) in [5, 5.41) is 8.61. The van der Waals surface area contributed by atoms with Gasteiger partial charge < -0.3 is 19.3 Å². The van der Waals surface area contributed by atoms with E-state index in [1.54, 1.807) is 12.1 Å². The van der Waals surface area contributed by atoms with E-state index in [2.05, 4.69) is 0 Å². The van der Waals surface area contributed by atoms with Crippen LogP contribution in [0.1, 0.15) is 0 Å². The van der Waals surface area contributed by atoms with Crippen LogP contribution in [0, 0.1) is 0 Å². The molecule has 0 fully saturated rings. The summed E-state index contributed by atoms with van der Waals surface area (Å²) in [5.41, 5.74) is 1.88. The van der Waals surface area contributed by atoms with Crippen molar-refractivity contribution in [1.82, 2.24) is 0 Å². The molecule has 20 heavy (non-hydrogen) atoms. The summed E-state index contributed by atoms with van der Waals surface area (Å²) in [5.74, 6) is 0.951. The maximum Gasteiger partial charge on any atom is 0.341 e. The molecule has 2 aromatic carbocycles. The Kier molecular flexibility index (Phi) is 3.16. The van der Waals surface area contributed by atoms with E-state index in [4.69, 9.17) is 19.3 Å². The number of rotatable bonds is 4. The maximum absolute atomic E-state index is 10.5. The second-order valence-electron chi connectivity index (χ2n) is 4.28. The number of hydrogen-bond donors (Lipinski definition) is 1. The van der Waals surface area contributed by atoms with Gasteiger partial charge in [-0.15, -0.1) is 0 Å². The van der Waals surface area contributed by atoms with E-state index in [1.165, 1.54) is 0 Å². The van der Waals surface area contributed by atoms with E-state index in [-0.39, 0.29) is 13.4 Å². The summed E-state index contributed by atoms with van der Waals surface area (Å²) in [6.45, 7) is -0.120. The van der Waals surface area contributed by atoms with Gasteiger partial charge in [-0.25, -0.2) is 4.79 Å². The lowest BCUT2D eigenvalue weighted by Gasteiger charge is -2.07. The molecule has 0 unspecified atom stereocenters. The normalized spacial score (nSPS) is 12.2. The summed E-state index contributed by atoms with van der Waals surface area (Å²) >= 11 is 0. The van der Waals surface area contributed by atoms with Crippen molar-refractivity contribution in [2.75, 3.05) is 13.4 Å². The van der Waals surface area contributed by atoms with Crippen LogP contribution in [0.5, 0.6) is 17.2 Å². The molecule has 5 nitrogen and oxygen atoms in total. The van der Waals surface area contributed by atoms with Crippen LogP contribution in [0.3, 0.4) is 0 Å². The van der Waals surface area contributed by atoms with E-state index >= 15 is 0 Å². The molecule has 1 N–H and O–H groups in total. The molecule has 0 saturated carbocycles. The molecule has 0 aliphatic carbocycles. The highest BCUT2D eigenvalue weighted by atomic mass is 16.7. The van der Waals surface area contributed by atoms with Crippen LogP contribution in [-0.2, 0) is 4.79 Å². The van der Waals surface area contributed by atoms with Crippen LogP contribution in [-0.4, -0.2) is 24.5 Å². The van der Waals surface area contributed by atoms with Crippen LogP contribution >= 0.6 is 0 Å². The molecule has 102 valence electrons. The summed E-state index contributed by atoms with van der Waals surface area (Å²) in [7, 11) is 0. The minimum absolute atomic E-state index is 0.237. The molecule has 0 saturated heterocycles. The number of fused-ring (bicyclic) bond motifs is 1. The molecule has 0 aromatic heterocycles. The number of benzene rings is 2. The average Bonchev–Trinajstić information content (AvgIpc) is 2.93. The van der Waals surface area contributed by atoms with E-state index in [0.29, 0.717) is 11.5 Å². The largest absolute Gasteiger partial charge is 0.482 e. The van der Waals surface area contributed by atoms with Crippen molar-refractivity contribution in [3.05, 3.63) is 42.5 Å². The molecular formula is C15H12O5. The van der Waals surface area contributed by atoms with Gasteiger partial charge in [0.25, 0.3) is 0 Å². The lowest BCUT2D eigenvalue weighted by atomic mass is 10.0. The highest BCUT2D eigenvalue weighted by molar-refractivity contribution is 5.70. The fraction of sp³-hybridized carbons (Fsp3) is 0.133. The Morgan fingerprint density at radius 2 is 1.90 bits per heavy atom. The van der Waals surface area contributed by atoms with Crippen LogP contribution in [0.15, 0.2) is 42.5 Å². The summed E-state index contributed by atoms with van der Waals surface area (Å²) in [6, 6.07) is 12.9. The zero-order valence-corrected chi connectivity index (χ0v) is 10.5. The third-order valence-electron chi connectivity index (χ3n) is 2.90. The Bertz CT molecular complexity index is 650. The zero-order chi connectivity index (χ0) is 13.9. The monoisotopic (exact) mass is 272 g/mol. The molecule has 0 spiro atoms. The van der Waals surface area contributed by atoms with Crippen molar-refractivity contribution in [3.63, 3.8) is 0 Å². The molecule has 5 heteroatoms. The van der Waals surface area contributed by atoms with E-state index in [0.717, 1.165) is 16.9 Å². The topological polar surface area (TPSA) is 65.0 Å². The minimum atomic E-state index is -1.00. The van der Waals surface area contributed by atoms with Gasteiger partial charge in [0.2, 0.25) is 6.79 Å². The Morgan fingerprint density at radius 3 is 2.75 bits per heavy atom. The lowest BCUT2D eigenvalue weighted by Crippen LogP contribution is -2.09. The second-order valence-corrected chi connectivity index (χ2v) is 4.28. The zero-order valence-electron chi connectivity index (χ0n) is 10.5. The molecule has 2 aromatic rings. The number of aliphatic carboxylic acids is 1. The number of carboxylic acids is 1. The second kappa shape index (κ2) is 5.13. The first-order valence-corrected chi connectivity index (χ1v) is 6.07. The van der Waals surface area contributed by atoms with Crippen molar-refractivity contribution < 1.29 is 24.1 Å². The first kappa shape index (κ1) is 12.3. The lowest BCUT2D eigenvalue weighted by molar-refractivity contribution is -0.139. The van der Waals surface area contributed by atoms with Gasteiger partial charge >= 0.3 is 5.97 Å². The molecule has 1 aliphatic heterocycles. The van der Waals surface area contributed by atoms with Crippen LogP contribution < -0.4 is 14.2 Å². The van der Waals surface area contributed by atoms with Crippen molar-refractivity contribution >= 4 is 5.97 Å². The Hall–Kier alpha value is -2.69. The highest BCUT2D eigenvalue weighted by Gasteiger charge is 2.14. The van der Waals surface area contributed by atoms with Gasteiger partial charge in [-0.1, -0.05) is 18.2 Å². The van der Waals surface area contributed by atoms with Gasteiger partial charge in [0.1, 0.15) is 5.75 Å². The summed E-state index contributed by atoms with van der Waals surface area (Å²) in [6.07, 6.45) is 0. The number of carbonyl (C=O) groups is 1. The van der Waals surface area contributed by atoms with E-state index in [9.17, 15) is 4.79 Å². The molecule has 3 rings (SSSR count). The minimum Gasteiger partial charge on any atom is -0.482 e. The molecule has 0 radical (unpaired) electrons. The van der Waals surface area contributed by atoms with Gasteiger partial charge in [0, 0.05) is 0 Å². The molecule has 0 amide bonds. The van der Waals surface area contributed by atoms with Gasteiger partial charge in [0.15, 0.2) is 18.1 Å². The standard InChI is InChI=1S/C15H12O5/c16-15(17)8-18-12-3-1-2-10(6-12)11-4-5-13-14(7-11)20-9-19-13/h1-7H,8-9H2,(H,16,17).